The standard InChI is InChI=1S/C13H13N3O2/c1-9-6-7-10(8-14-9)15-13(18)16-11-4-2-3-5-12(11)17/h2-8,17H,1H3,(H2,15,16,18). The molecule has 0 fully saturated rings. The van der Waals surface area contributed by atoms with Crippen LogP contribution in [0.2, 0.25) is 0 Å². The van der Waals surface area contributed by atoms with Crippen molar-refractivity contribution in [3.05, 3.63) is 48.3 Å². The number of aromatic hydroxyl groups is 1. The molecule has 0 unspecified atom stereocenters. The van der Waals surface area contributed by atoms with Gasteiger partial charge in [0.15, 0.2) is 0 Å². The van der Waals surface area contributed by atoms with E-state index >= 15 is 0 Å². The largest absolute Gasteiger partial charge is 0.506 e. The number of amides is 2. The van der Waals surface area contributed by atoms with Crippen LogP contribution in [-0.2, 0) is 0 Å². The van der Waals surface area contributed by atoms with Crippen molar-refractivity contribution >= 4 is 17.4 Å². The zero-order valence-corrected chi connectivity index (χ0v) is 9.84. The van der Waals surface area contributed by atoms with Crippen molar-refractivity contribution in [1.29, 1.82) is 0 Å². The highest BCUT2D eigenvalue weighted by atomic mass is 16.3. The van der Waals surface area contributed by atoms with Gasteiger partial charge in [-0.2, -0.15) is 0 Å². The first kappa shape index (κ1) is 11.9. The predicted molar refractivity (Wildman–Crippen MR) is 69.7 cm³/mol. The lowest BCUT2D eigenvalue weighted by Gasteiger charge is -2.08. The van der Waals surface area contributed by atoms with Gasteiger partial charge in [0.05, 0.1) is 17.6 Å². The molecule has 5 nitrogen and oxygen atoms in total. The Kier molecular flexibility index (Phi) is 3.43. The Morgan fingerprint density at radius 3 is 2.61 bits per heavy atom. The normalized spacial score (nSPS) is 9.83. The second kappa shape index (κ2) is 5.18. The number of carbonyl (C=O) groups excluding carboxylic acids is 1. The number of pyridine rings is 1. The van der Waals surface area contributed by atoms with Gasteiger partial charge in [0.1, 0.15) is 5.75 Å². The van der Waals surface area contributed by atoms with Crippen LogP contribution in [0.4, 0.5) is 16.2 Å². The molecular weight excluding hydrogens is 230 g/mol. The molecule has 0 aliphatic heterocycles. The lowest BCUT2D eigenvalue weighted by molar-refractivity contribution is 0.262. The number of hydrogen-bond donors (Lipinski definition) is 3. The van der Waals surface area contributed by atoms with E-state index in [9.17, 15) is 9.90 Å². The van der Waals surface area contributed by atoms with Crippen LogP contribution in [0, 0.1) is 6.92 Å². The maximum atomic E-state index is 11.7. The minimum atomic E-state index is -0.429. The molecule has 5 heteroatoms. The fourth-order valence-corrected chi connectivity index (χ4v) is 1.41. The number of rotatable bonds is 2. The maximum Gasteiger partial charge on any atom is 0.323 e. The first-order valence-electron chi connectivity index (χ1n) is 5.44. The molecule has 0 radical (unpaired) electrons. The number of phenolic OH excluding ortho intramolecular Hbond substituents is 1. The summed E-state index contributed by atoms with van der Waals surface area (Å²) in [7, 11) is 0. The number of aryl methyl sites for hydroxylation is 1. The molecule has 2 rings (SSSR count). The molecule has 0 saturated heterocycles. The van der Waals surface area contributed by atoms with Gasteiger partial charge in [0.2, 0.25) is 0 Å². The molecule has 1 aromatic heterocycles. The highest BCUT2D eigenvalue weighted by Crippen LogP contribution is 2.21. The average Bonchev–Trinajstić information content (AvgIpc) is 2.35. The molecule has 3 N–H and O–H groups in total. The number of aromatic nitrogens is 1. The summed E-state index contributed by atoms with van der Waals surface area (Å²) in [5, 5.41) is 14.7. The monoisotopic (exact) mass is 243 g/mol. The van der Waals surface area contributed by atoms with Crippen LogP contribution >= 0.6 is 0 Å². The van der Waals surface area contributed by atoms with Crippen molar-refractivity contribution < 1.29 is 9.90 Å². The summed E-state index contributed by atoms with van der Waals surface area (Å²) in [5.41, 5.74) is 1.82. The molecule has 0 bridgehead atoms. The predicted octanol–water partition coefficient (Wildman–Crippen LogP) is 2.74. The number of benzene rings is 1. The first-order chi connectivity index (χ1) is 8.65. The van der Waals surface area contributed by atoms with Crippen LogP contribution in [0.3, 0.4) is 0 Å². The summed E-state index contributed by atoms with van der Waals surface area (Å²) in [6.45, 7) is 1.87. The molecule has 92 valence electrons. The van der Waals surface area contributed by atoms with E-state index in [1.54, 1.807) is 36.5 Å². The van der Waals surface area contributed by atoms with Gasteiger partial charge in [0.25, 0.3) is 0 Å². The fraction of sp³-hybridized carbons (Fsp3) is 0.0769. The molecule has 0 atom stereocenters. The van der Waals surface area contributed by atoms with Gasteiger partial charge in [0, 0.05) is 5.69 Å². The van der Waals surface area contributed by atoms with Crippen LogP contribution in [0.1, 0.15) is 5.69 Å². The Morgan fingerprint density at radius 2 is 1.94 bits per heavy atom. The summed E-state index contributed by atoms with van der Waals surface area (Å²) in [6.07, 6.45) is 1.57. The molecule has 1 aromatic carbocycles. The highest BCUT2D eigenvalue weighted by molar-refractivity contribution is 6.00. The van der Waals surface area contributed by atoms with Crippen LogP contribution in [0.15, 0.2) is 42.6 Å². The van der Waals surface area contributed by atoms with Crippen LogP contribution < -0.4 is 10.6 Å². The summed E-state index contributed by atoms with van der Waals surface area (Å²) >= 11 is 0. The molecular formula is C13H13N3O2. The molecule has 2 aromatic rings. The van der Waals surface area contributed by atoms with Crippen LogP contribution in [0.5, 0.6) is 5.75 Å². The van der Waals surface area contributed by atoms with Crippen molar-refractivity contribution in [3.8, 4) is 5.75 Å². The highest BCUT2D eigenvalue weighted by Gasteiger charge is 2.05. The minimum Gasteiger partial charge on any atom is -0.506 e. The van der Waals surface area contributed by atoms with Gasteiger partial charge in [-0.25, -0.2) is 4.79 Å². The van der Waals surface area contributed by atoms with Gasteiger partial charge in [-0.1, -0.05) is 12.1 Å². The van der Waals surface area contributed by atoms with Gasteiger partial charge < -0.3 is 15.7 Å². The second-order valence-electron chi connectivity index (χ2n) is 3.78. The molecule has 0 saturated carbocycles. The lowest BCUT2D eigenvalue weighted by atomic mass is 10.3. The zero-order valence-electron chi connectivity index (χ0n) is 9.84. The Hall–Kier alpha value is -2.56. The van der Waals surface area contributed by atoms with Gasteiger partial charge in [-0.05, 0) is 31.2 Å². The van der Waals surface area contributed by atoms with Crippen molar-refractivity contribution in [2.45, 2.75) is 6.92 Å². The Bertz CT molecular complexity index is 552. The summed E-state index contributed by atoms with van der Waals surface area (Å²) < 4.78 is 0. The number of urea groups is 1. The minimum absolute atomic E-state index is 0.0229. The van der Waals surface area contributed by atoms with Gasteiger partial charge in [-0.15, -0.1) is 0 Å². The van der Waals surface area contributed by atoms with E-state index in [4.69, 9.17) is 0 Å². The Balaban J connectivity index is 2.01. The van der Waals surface area contributed by atoms with Gasteiger partial charge >= 0.3 is 6.03 Å². The van der Waals surface area contributed by atoms with E-state index in [0.717, 1.165) is 5.69 Å². The van der Waals surface area contributed by atoms with Crippen molar-refractivity contribution in [2.24, 2.45) is 0 Å². The van der Waals surface area contributed by atoms with Crippen molar-refractivity contribution in [2.75, 3.05) is 10.6 Å². The molecule has 18 heavy (non-hydrogen) atoms. The number of hydrogen-bond acceptors (Lipinski definition) is 3. The lowest BCUT2D eigenvalue weighted by Crippen LogP contribution is -2.19. The molecule has 1 heterocycles. The Morgan fingerprint density at radius 1 is 1.17 bits per heavy atom. The number of para-hydroxylation sites is 2. The van der Waals surface area contributed by atoms with Crippen molar-refractivity contribution in [1.82, 2.24) is 4.98 Å². The molecule has 0 aliphatic carbocycles. The van der Waals surface area contributed by atoms with Crippen LogP contribution in [-0.4, -0.2) is 16.1 Å². The van der Waals surface area contributed by atoms with Crippen LogP contribution in [0.25, 0.3) is 0 Å². The number of carbonyl (C=O) groups is 1. The third kappa shape index (κ3) is 2.98. The van der Waals surface area contributed by atoms with Gasteiger partial charge in [-0.3, -0.25) is 4.98 Å². The molecule has 2 amide bonds. The maximum absolute atomic E-state index is 11.7. The second-order valence-corrected chi connectivity index (χ2v) is 3.78. The van der Waals surface area contributed by atoms with E-state index in [1.165, 1.54) is 6.07 Å². The SMILES string of the molecule is Cc1ccc(NC(=O)Nc2ccccc2O)cn1. The quantitative estimate of drug-likeness (QED) is 0.710. The first-order valence-corrected chi connectivity index (χ1v) is 5.44. The topological polar surface area (TPSA) is 74.2 Å². The fourth-order valence-electron chi connectivity index (χ4n) is 1.41. The third-order valence-electron chi connectivity index (χ3n) is 2.32. The molecule has 0 spiro atoms. The third-order valence-corrected chi connectivity index (χ3v) is 2.32. The molecule has 0 aliphatic rings. The zero-order chi connectivity index (χ0) is 13.0. The number of phenols is 1. The summed E-state index contributed by atoms with van der Waals surface area (Å²) in [6, 6.07) is 9.65. The number of nitrogens with one attached hydrogen (secondary N) is 2. The average molecular weight is 243 g/mol. The number of anilines is 2. The van der Waals surface area contributed by atoms with E-state index in [-0.39, 0.29) is 5.75 Å². The smallest absolute Gasteiger partial charge is 0.323 e. The number of nitrogens with zero attached hydrogens (tertiary/aromatic N) is 1. The van der Waals surface area contributed by atoms with E-state index in [2.05, 4.69) is 15.6 Å². The Labute approximate surface area is 104 Å². The van der Waals surface area contributed by atoms with E-state index < -0.39 is 6.03 Å². The van der Waals surface area contributed by atoms with E-state index in [1.807, 2.05) is 6.92 Å². The van der Waals surface area contributed by atoms with Crippen molar-refractivity contribution in [3.63, 3.8) is 0 Å². The van der Waals surface area contributed by atoms with E-state index in [0.29, 0.717) is 11.4 Å². The summed E-state index contributed by atoms with van der Waals surface area (Å²) in [5.74, 6) is 0.0229. The summed E-state index contributed by atoms with van der Waals surface area (Å²) in [4.78, 5) is 15.7.